The Bertz CT molecular complexity index is 435. The van der Waals surface area contributed by atoms with Crippen molar-refractivity contribution >= 4 is 11.8 Å². The number of carbonyl (C=O) groups is 2. The first-order valence-corrected chi connectivity index (χ1v) is 6.61. The zero-order valence-electron chi connectivity index (χ0n) is 10.7. The number of rotatable bonds is 5. The zero-order chi connectivity index (χ0) is 13.7. The lowest BCUT2D eigenvalue weighted by Gasteiger charge is -2.16. The molecule has 1 saturated carbocycles. The van der Waals surface area contributed by atoms with Gasteiger partial charge in [0.2, 0.25) is 0 Å². The summed E-state index contributed by atoms with van der Waals surface area (Å²) in [7, 11) is 0. The van der Waals surface area contributed by atoms with Crippen molar-refractivity contribution in [3.05, 3.63) is 35.9 Å². The van der Waals surface area contributed by atoms with Gasteiger partial charge in [0.05, 0.1) is 5.56 Å². The molecule has 2 rings (SSSR count). The lowest BCUT2D eigenvalue weighted by molar-refractivity contribution is -0.132. The second-order valence-corrected chi connectivity index (χ2v) is 4.90. The highest BCUT2D eigenvalue weighted by Gasteiger charge is 2.29. The van der Waals surface area contributed by atoms with Crippen molar-refractivity contribution in [3.8, 4) is 0 Å². The molecule has 0 spiro atoms. The van der Waals surface area contributed by atoms with Crippen LogP contribution in [0.1, 0.15) is 36.0 Å². The lowest BCUT2D eigenvalue weighted by atomic mass is 9.98. The van der Waals surface area contributed by atoms with Crippen molar-refractivity contribution in [3.63, 3.8) is 0 Å². The van der Waals surface area contributed by atoms with Gasteiger partial charge in [-0.1, -0.05) is 31.0 Å². The van der Waals surface area contributed by atoms with E-state index in [1.807, 2.05) is 0 Å². The summed E-state index contributed by atoms with van der Waals surface area (Å²) in [6, 6.07) is 8.50. The predicted octanol–water partition coefficient (Wildman–Crippen LogP) is 1.96. The molecule has 0 aromatic heterocycles. The van der Waals surface area contributed by atoms with Gasteiger partial charge < -0.3 is 9.84 Å². The number of aliphatic hydroxyl groups is 1. The second kappa shape index (κ2) is 6.48. The molecule has 19 heavy (non-hydrogen) atoms. The fourth-order valence-corrected chi connectivity index (χ4v) is 2.42. The Labute approximate surface area is 112 Å². The van der Waals surface area contributed by atoms with Gasteiger partial charge in [0.15, 0.2) is 12.4 Å². The molecule has 4 heteroatoms. The highest BCUT2D eigenvalue weighted by molar-refractivity contribution is 5.92. The van der Waals surface area contributed by atoms with Gasteiger partial charge in [-0.2, -0.15) is 0 Å². The molecule has 1 aliphatic carbocycles. The van der Waals surface area contributed by atoms with E-state index in [1.165, 1.54) is 0 Å². The molecule has 0 saturated heterocycles. The summed E-state index contributed by atoms with van der Waals surface area (Å²) >= 11 is 0. The molecular weight excluding hydrogens is 244 g/mol. The van der Waals surface area contributed by atoms with Gasteiger partial charge in [-0.05, 0) is 30.9 Å². The van der Waals surface area contributed by atoms with Crippen LogP contribution in [0.4, 0.5) is 0 Å². The third-order valence-electron chi connectivity index (χ3n) is 3.53. The van der Waals surface area contributed by atoms with E-state index in [0.29, 0.717) is 5.56 Å². The van der Waals surface area contributed by atoms with Crippen LogP contribution in [-0.4, -0.2) is 29.6 Å². The Morgan fingerprint density at radius 1 is 1.21 bits per heavy atom. The van der Waals surface area contributed by atoms with Crippen LogP contribution in [0.3, 0.4) is 0 Å². The van der Waals surface area contributed by atoms with Gasteiger partial charge in [-0.3, -0.25) is 4.79 Å². The number of aliphatic hydroxyl groups excluding tert-OH is 1. The van der Waals surface area contributed by atoms with E-state index in [1.54, 1.807) is 30.3 Å². The summed E-state index contributed by atoms with van der Waals surface area (Å²) < 4.78 is 4.92. The number of benzene rings is 1. The lowest BCUT2D eigenvalue weighted by Crippen LogP contribution is -2.32. The van der Waals surface area contributed by atoms with Gasteiger partial charge in [0.25, 0.3) is 0 Å². The molecule has 0 radical (unpaired) electrons. The summed E-state index contributed by atoms with van der Waals surface area (Å²) in [5.41, 5.74) is 0.408. The summed E-state index contributed by atoms with van der Waals surface area (Å²) in [4.78, 5) is 23.4. The van der Waals surface area contributed by atoms with Gasteiger partial charge in [0, 0.05) is 0 Å². The Morgan fingerprint density at radius 3 is 2.47 bits per heavy atom. The maximum Gasteiger partial charge on any atom is 0.338 e. The molecule has 0 unspecified atom stereocenters. The maximum atomic E-state index is 11.7. The fraction of sp³-hybridized carbons (Fsp3) is 0.467. The first kappa shape index (κ1) is 13.7. The molecule has 1 fully saturated rings. The van der Waals surface area contributed by atoms with Crippen LogP contribution in [0.15, 0.2) is 30.3 Å². The number of esters is 1. The van der Waals surface area contributed by atoms with Crippen LogP contribution in [-0.2, 0) is 9.53 Å². The molecule has 0 amide bonds. The van der Waals surface area contributed by atoms with Crippen molar-refractivity contribution in [2.45, 2.75) is 31.8 Å². The average molecular weight is 262 g/mol. The molecular formula is C15H18O4. The number of ketones is 1. The van der Waals surface area contributed by atoms with Crippen LogP contribution in [0, 0.1) is 5.92 Å². The van der Waals surface area contributed by atoms with E-state index < -0.39 is 17.9 Å². The van der Waals surface area contributed by atoms with E-state index in [4.69, 9.17) is 4.74 Å². The molecule has 1 N–H and O–H groups in total. The zero-order valence-corrected chi connectivity index (χ0v) is 10.7. The molecule has 0 bridgehead atoms. The highest BCUT2D eigenvalue weighted by atomic mass is 16.5. The minimum atomic E-state index is -0.994. The van der Waals surface area contributed by atoms with Crippen LogP contribution in [0.25, 0.3) is 0 Å². The van der Waals surface area contributed by atoms with E-state index in [2.05, 4.69) is 0 Å². The SMILES string of the molecule is O=C(OCC(=O)[C@H](O)C1CCCC1)c1ccccc1. The van der Waals surface area contributed by atoms with Crippen molar-refractivity contribution in [2.24, 2.45) is 5.92 Å². The quantitative estimate of drug-likeness (QED) is 0.824. The maximum absolute atomic E-state index is 11.7. The fourth-order valence-electron chi connectivity index (χ4n) is 2.42. The summed E-state index contributed by atoms with van der Waals surface area (Å²) in [5.74, 6) is -0.910. The van der Waals surface area contributed by atoms with Crippen molar-refractivity contribution < 1.29 is 19.4 Å². The molecule has 0 aliphatic heterocycles. The Kier molecular flexibility index (Phi) is 4.68. The third kappa shape index (κ3) is 3.64. The van der Waals surface area contributed by atoms with Gasteiger partial charge in [0.1, 0.15) is 6.10 Å². The van der Waals surface area contributed by atoms with Crippen molar-refractivity contribution in [1.29, 1.82) is 0 Å². The largest absolute Gasteiger partial charge is 0.454 e. The van der Waals surface area contributed by atoms with Crippen LogP contribution in [0.5, 0.6) is 0 Å². The normalized spacial score (nSPS) is 17.1. The molecule has 102 valence electrons. The van der Waals surface area contributed by atoms with E-state index >= 15 is 0 Å². The summed E-state index contributed by atoms with van der Waals surface area (Å²) in [6.45, 7) is -0.356. The topological polar surface area (TPSA) is 63.6 Å². The summed E-state index contributed by atoms with van der Waals surface area (Å²) in [6.07, 6.45) is 2.86. The van der Waals surface area contributed by atoms with Gasteiger partial charge in [-0.15, -0.1) is 0 Å². The molecule has 1 aromatic carbocycles. The Morgan fingerprint density at radius 2 is 1.84 bits per heavy atom. The average Bonchev–Trinajstić information content (AvgIpc) is 2.98. The van der Waals surface area contributed by atoms with Crippen molar-refractivity contribution in [1.82, 2.24) is 0 Å². The minimum Gasteiger partial charge on any atom is -0.454 e. The van der Waals surface area contributed by atoms with Gasteiger partial charge in [-0.25, -0.2) is 4.79 Å². The second-order valence-electron chi connectivity index (χ2n) is 4.90. The number of hydrogen-bond donors (Lipinski definition) is 1. The van der Waals surface area contributed by atoms with E-state index in [-0.39, 0.29) is 12.5 Å². The summed E-state index contributed by atoms with van der Waals surface area (Å²) in [5, 5.41) is 9.86. The smallest absolute Gasteiger partial charge is 0.338 e. The molecule has 1 aliphatic rings. The van der Waals surface area contributed by atoms with E-state index in [0.717, 1.165) is 25.7 Å². The van der Waals surface area contributed by atoms with Crippen LogP contribution in [0.2, 0.25) is 0 Å². The van der Waals surface area contributed by atoms with Gasteiger partial charge >= 0.3 is 5.97 Å². The number of carbonyl (C=O) groups excluding carboxylic acids is 2. The standard InChI is InChI=1S/C15H18O4/c16-13(14(17)11-6-4-5-7-11)10-19-15(18)12-8-2-1-3-9-12/h1-3,8-9,11,14,17H,4-7,10H2/t14-/m1/s1. The predicted molar refractivity (Wildman–Crippen MR) is 69.7 cm³/mol. The first-order valence-electron chi connectivity index (χ1n) is 6.61. The monoisotopic (exact) mass is 262 g/mol. The molecule has 0 heterocycles. The molecule has 1 aromatic rings. The Hall–Kier alpha value is -1.68. The number of hydrogen-bond acceptors (Lipinski definition) is 4. The molecule has 1 atom stereocenters. The highest BCUT2D eigenvalue weighted by Crippen LogP contribution is 2.28. The third-order valence-corrected chi connectivity index (χ3v) is 3.53. The molecule has 4 nitrogen and oxygen atoms in total. The minimum absolute atomic E-state index is 0.0305. The first-order chi connectivity index (χ1) is 9.18. The van der Waals surface area contributed by atoms with Crippen LogP contribution >= 0.6 is 0 Å². The number of Topliss-reactive ketones (excluding diaryl/α,β-unsaturated/α-hetero) is 1. The Balaban J connectivity index is 1.81. The van der Waals surface area contributed by atoms with E-state index in [9.17, 15) is 14.7 Å². The van der Waals surface area contributed by atoms with Crippen LogP contribution < -0.4 is 0 Å². The number of ether oxygens (including phenoxy) is 1. The van der Waals surface area contributed by atoms with Crippen molar-refractivity contribution in [2.75, 3.05) is 6.61 Å².